The zero-order valence-corrected chi connectivity index (χ0v) is 16.9. The number of nitrogens with zero attached hydrogens (tertiary/aromatic N) is 3. The number of aromatic amines is 1. The zero-order valence-electron chi connectivity index (χ0n) is 16.9. The Hall–Kier alpha value is -2.05. The molecule has 11 nitrogen and oxygen atoms in total. The number of nitrogens with two attached hydrogens (primary N) is 2. The highest BCUT2D eigenvalue weighted by Crippen LogP contribution is 2.30. The second kappa shape index (κ2) is 10.6. The summed E-state index contributed by atoms with van der Waals surface area (Å²) in [6.45, 7) is 3.86. The SMILES string of the molecule is CCCCCCC(C)N.Nc1nc2c(ncn2[C@@H]2O[C@H](CO)[C@@H](O)[C@H]2O)c(=O)[nH]1. The topological polar surface area (TPSA) is 186 Å². The van der Waals surface area contributed by atoms with Crippen LogP contribution < -0.4 is 17.0 Å². The lowest BCUT2D eigenvalue weighted by Gasteiger charge is -2.16. The second-order valence-corrected chi connectivity index (χ2v) is 7.33. The first kappa shape index (κ1) is 23.2. The number of imidazole rings is 1. The van der Waals surface area contributed by atoms with E-state index in [1.165, 1.54) is 43.0 Å². The van der Waals surface area contributed by atoms with Gasteiger partial charge in [-0.05, 0) is 13.3 Å². The first-order valence-electron chi connectivity index (χ1n) is 9.90. The number of rotatable bonds is 7. The number of fused-ring (bicyclic) bond motifs is 1. The number of nitrogens with one attached hydrogen (secondary N) is 1. The van der Waals surface area contributed by atoms with Crippen LogP contribution in [0.25, 0.3) is 11.2 Å². The number of hydrogen-bond acceptors (Lipinski definition) is 9. The molecule has 3 rings (SSSR count). The lowest BCUT2D eigenvalue weighted by atomic mass is 10.1. The van der Waals surface area contributed by atoms with Crippen LogP contribution in [0.3, 0.4) is 0 Å². The number of ether oxygens (including phenoxy) is 1. The zero-order chi connectivity index (χ0) is 21.6. The lowest BCUT2D eigenvalue weighted by Crippen LogP contribution is -2.33. The Balaban J connectivity index is 0.000000284. The minimum Gasteiger partial charge on any atom is -0.394 e. The molecule has 11 heteroatoms. The van der Waals surface area contributed by atoms with Crippen LogP contribution in [0.4, 0.5) is 5.95 Å². The summed E-state index contributed by atoms with van der Waals surface area (Å²) in [5.74, 6) is -0.101. The van der Waals surface area contributed by atoms with E-state index in [2.05, 4.69) is 28.8 Å². The molecule has 1 unspecified atom stereocenters. The monoisotopic (exact) mass is 412 g/mol. The van der Waals surface area contributed by atoms with Crippen LogP contribution in [0, 0.1) is 0 Å². The van der Waals surface area contributed by atoms with E-state index in [-0.39, 0.29) is 17.1 Å². The molecular formula is C18H32N6O5. The number of aromatic nitrogens is 4. The standard InChI is InChI=1S/C10H13N5O5.C8H19N/c11-10-13-7-4(8(19)14-10)12-2-15(7)9-6(18)5(17)3(1-16)20-9;1-3-4-5-6-7-8(2)9/h2-3,5-6,9,16-18H,1H2,(H3,11,13,14,19);8H,3-7,9H2,1-2H3/t3-,5-,6-,9-;/m1./s1. The van der Waals surface area contributed by atoms with E-state index in [0.717, 1.165) is 0 Å². The van der Waals surface area contributed by atoms with Crippen LogP contribution >= 0.6 is 0 Å². The van der Waals surface area contributed by atoms with E-state index in [4.69, 9.17) is 21.3 Å². The molecule has 0 aromatic carbocycles. The summed E-state index contributed by atoms with van der Waals surface area (Å²) >= 11 is 0. The van der Waals surface area contributed by atoms with E-state index in [1.54, 1.807) is 0 Å². The number of hydrogen-bond donors (Lipinski definition) is 6. The van der Waals surface area contributed by atoms with E-state index >= 15 is 0 Å². The van der Waals surface area contributed by atoms with Gasteiger partial charge in [-0.1, -0.05) is 32.6 Å². The molecule has 0 bridgehead atoms. The minimum absolute atomic E-state index is 0.0388. The van der Waals surface area contributed by atoms with Gasteiger partial charge in [0.25, 0.3) is 5.56 Å². The van der Waals surface area contributed by atoms with Gasteiger partial charge in [0.1, 0.15) is 18.3 Å². The molecule has 0 spiro atoms. The molecule has 3 heterocycles. The Morgan fingerprint density at radius 2 is 2.03 bits per heavy atom. The number of nitrogen functional groups attached to an aromatic ring is 1. The van der Waals surface area contributed by atoms with Crippen LogP contribution in [0.2, 0.25) is 0 Å². The summed E-state index contributed by atoms with van der Waals surface area (Å²) in [4.78, 5) is 21.8. The third-order valence-corrected chi connectivity index (χ3v) is 4.75. The lowest BCUT2D eigenvalue weighted by molar-refractivity contribution is -0.0511. The van der Waals surface area contributed by atoms with Gasteiger partial charge < -0.3 is 31.5 Å². The van der Waals surface area contributed by atoms with Crippen molar-refractivity contribution in [2.75, 3.05) is 12.3 Å². The number of H-pyrrole nitrogens is 1. The quantitative estimate of drug-likeness (QED) is 0.330. The largest absolute Gasteiger partial charge is 0.394 e. The highest BCUT2D eigenvalue weighted by Gasteiger charge is 2.44. The highest BCUT2D eigenvalue weighted by molar-refractivity contribution is 5.70. The Bertz CT molecular complexity index is 823. The number of aliphatic hydroxyl groups is 3. The smallest absolute Gasteiger partial charge is 0.280 e. The van der Waals surface area contributed by atoms with E-state index < -0.39 is 36.7 Å². The Kier molecular flexibility index (Phi) is 8.53. The maximum Gasteiger partial charge on any atom is 0.280 e. The van der Waals surface area contributed by atoms with Crippen LogP contribution in [0.15, 0.2) is 11.1 Å². The van der Waals surface area contributed by atoms with Crippen molar-refractivity contribution >= 4 is 17.1 Å². The van der Waals surface area contributed by atoms with Gasteiger partial charge in [0, 0.05) is 6.04 Å². The summed E-state index contributed by atoms with van der Waals surface area (Å²) in [6.07, 6.45) is 3.34. The van der Waals surface area contributed by atoms with Gasteiger partial charge in [0.15, 0.2) is 17.4 Å². The average Bonchev–Trinajstić information content (AvgIpc) is 3.21. The highest BCUT2D eigenvalue weighted by atomic mass is 16.6. The van der Waals surface area contributed by atoms with Crippen molar-refractivity contribution in [3.05, 3.63) is 16.7 Å². The normalized spacial score (nSPS) is 25.0. The van der Waals surface area contributed by atoms with Crippen LogP contribution in [-0.2, 0) is 4.74 Å². The van der Waals surface area contributed by atoms with Gasteiger partial charge in [-0.2, -0.15) is 4.98 Å². The summed E-state index contributed by atoms with van der Waals surface area (Å²) in [5, 5.41) is 28.7. The Morgan fingerprint density at radius 1 is 1.31 bits per heavy atom. The Labute approximate surface area is 168 Å². The molecule has 0 aliphatic carbocycles. The first-order chi connectivity index (χ1) is 13.8. The van der Waals surface area contributed by atoms with Crippen LogP contribution in [0.5, 0.6) is 0 Å². The molecule has 164 valence electrons. The van der Waals surface area contributed by atoms with Crippen molar-refractivity contribution in [1.29, 1.82) is 0 Å². The third-order valence-electron chi connectivity index (χ3n) is 4.75. The molecular weight excluding hydrogens is 380 g/mol. The van der Waals surface area contributed by atoms with E-state index in [0.29, 0.717) is 6.04 Å². The van der Waals surface area contributed by atoms with Crippen molar-refractivity contribution < 1.29 is 20.1 Å². The first-order valence-corrected chi connectivity index (χ1v) is 9.90. The van der Waals surface area contributed by atoms with Gasteiger partial charge in [0.05, 0.1) is 12.9 Å². The third kappa shape index (κ3) is 5.73. The summed E-state index contributed by atoms with van der Waals surface area (Å²) < 4.78 is 6.64. The fourth-order valence-corrected chi connectivity index (χ4v) is 3.13. The molecule has 29 heavy (non-hydrogen) atoms. The van der Waals surface area contributed by atoms with E-state index in [9.17, 15) is 15.0 Å². The molecule has 5 atom stereocenters. The molecule has 2 aromatic heterocycles. The van der Waals surface area contributed by atoms with Gasteiger partial charge in [0.2, 0.25) is 5.95 Å². The van der Waals surface area contributed by atoms with Crippen molar-refractivity contribution in [3.8, 4) is 0 Å². The molecule has 8 N–H and O–H groups in total. The average molecular weight is 412 g/mol. The maximum atomic E-state index is 11.7. The van der Waals surface area contributed by atoms with Gasteiger partial charge in [-0.3, -0.25) is 14.3 Å². The summed E-state index contributed by atoms with van der Waals surface area (Å²) in [7, 11) is 0. The predicted molar refractivity (Wildman–Crippen MR) is 108 cm³/mol. The number of aliphatic hydroxyl groups excluding tert-OH is 3. The fourth-order valence-electron chi connectivity index (χ4n) is 3.13. The molecule has 0 radical (unpaired) electrons. The Morgan fingerprint density at radius 3 is 2.62 bits per heavy atom. The van der Waals surface area contributed by atoms with Crippen molar-refractivity contribution in [2.45, 2.75) is 76.5 Å². The molecule has 0 saturated carbocycles. The molecule has 1 aliphatic heterocycles. The summed E-state index contributed by atoms with van der Waals surface area (Å²) in [5.41, 5.74) is 10.7. The van der Waals surface area contributed by atoms with Gasteiger partial charge in [-0.25, -0.2) is 4.98 Å². The van der Waals surface area contributed by atoms with E-state index in [1.807, 2.05) is 0 Å². The minimum atomic E-state index is -1.29. The summed E-state index contributed by atoms with van der Waals surface area (Å²) in [6, 6.07) is 0.404. The van der Waals surface area contributed by atoms with Gasteiger partial charge >= 0.3 is 0 Å². The van der Waals surface area contributed by atoms with Crippen LogP contribution in [-0.4, -0.2) is 65.8 Å². The van der Waals surface area contributed by atoms with Crippen molar-refractivity contribution in [3.63, 3.8) is 0 Å². The molecule has 2 aromatic rings. The van der Waals surface area contributed by atoms with Crippen molar-refractivity contribution in [2.24, 2.45) is 5.73 Å². The predicted octanol–water partition coefficient (Wildman–Crippen LogP) is -0.383. The molecule has 0 amide bonds. The number of unbranched alkanes of at least 4 members (excludes halogenated alkanes) is 3. The molecule has 1 saturated heterocycles. The molecule has 1 aliphatic rings. The molecule has 1 fully saturated rings. The van der Waals surface area contributed by atoms with Gasteiger partial charge in [-0.15, -0.1) is 0 Å². The maximum absolute atomic E-state index is 11.7. The van der Waals surface area contributed by atoms with Crippen molar-refractivity contribution in [1.82, 2.24) is 19.5 Å². The second-order valence-electron chi connectivity index (χ2n) is 7.33. The number of anilines is 1. The fraction of sp³-hybridized carbons (Fsp3) is 0.722. The van der Waals surface area contributed by atoms with Crippen LogP contribution in [0.1, 0.15) is 52.2 Å².